The Morgan fingerprint density at radius 2 is 1.16 bits per heavy atom. The van der Waals surface area contributed by atoms with Gasteiger partial charge in [0.2, 0.25) is 0 Å². The van der Waals surface area contributed by atoms with Gasteiger partial charge in [-0.05, 0) is 89.6 Å². The molecule has 0 spiro atoms. The van der Waals surface area contributed by atoms with Crippen LogP contribution in [0.5, 0.6) is 0 Å². The Balaban J connectivity index is 1.62. The largest absolute Gasteiger partial charge is 0.466 e. The summed E-state index contributed by atoms with van der Waals surface area (Å²) >= 11 is 9.83. The van der Waals surface area contributed by atoms with Crippen molar-refractivity contribution in [1.82, 2.24) is 0 Å². The van der Waals surface area contributed by atoms with Crippen LogP contribution in [0.3, 0.4) is 0 Å². The van der Waals surface area contributed by atoms with Crippen LogP contribution in [0.25, 0.3) is 56.9 Å². The van der Waals surface area contributed by atoms with Crippen molar-refractivity contribution in [1.29, 1.82) is 0 Å². The number of carbonyl (C=O) groups is 1. The third kappa shape index (κ3) is 10.1. The normalized spacial score (nSPS) is 13.7. The second-order valence-electron chi connectivity index (χ2n) is 18.0. The molecule has 57 heavy (non-hydrogen) atoms. The minimum Gasteiger partial charge on any atom is -0.466 e. The van der Waals surface area contributed by atoms with Crippen LogP contribution in [-0.4, -0.2) is 13.1 Å². The average Bonchev–Trinajstić information content (AvgIpc) is 4.02. The number of esters is 1. The zero-order valence-corrected chi connectivity index (χ0v) is 40.4. The van der Waals surface area contributed by atoms with E-state index in [0.717, 1.165) is 30.2 Å². The monoisotopic (exact) mass is 856 g/mol. The smallest absolute Gasteiger partial charge is 0.330 e. The lowest BCUT2D eigenvalue weighted by Gasteiger charge is -2.15. The maximum absolute atomic E-state index is 12.4. The van der Waals surface area contributed by atoms with Gasteiger partial charge in [0.05, 0.1) is 12.0 Å². The van der Waals surface area contributed by atoms with E-state index in [2.05, 4.69) is 112 Å². The number of rotatable bonds is 17. The number of methoxy groups -OCH3 is 1. The highest BCUT2D eigenvalue weighted by atomic mass is 32.1. The molecule has 0 saturated carbocycles. The van der Waals surface area contributed by atoms with Crippen LogP contribution in [-0.2, 0) is 33.2 Å². The number of benzene rings is 1. The van der Waals surface area contributed by atoms with Gasteiger partial charge in [-0.25, -0.2) is 4.79 Å². The molecule has 5 heterocycles. The fraction of sp³-hybridized carbons (Fsp3) is 0.500. The molecule has 1 aromatic carbocycles. The molecule has 6 rings (SSSR count). The zero-order chi connectivity index (χ0) is 41.1. The summed E-state index contributed by atoms with van der Waals surface area (Å²) in [5.74, 6) is 1.13. The fourth-order valence-corrected chi connectivity index (χ4v) is 14.1. The molecule has 2 unspecified atom stereocenters. The van der Waals surface area contributed by atoms with Crippen molar-refractivity contribution in [3.05, 3.63) is 73.6 Å². The van der Waals surface area contributed by atoms with Gasteiger partial charge in [-0.15, -0.1) is 56.7 Å². The summed E-state index contributed by atoms with van der Waals surface area (Å²) in [5.41, 5.74) is 3.89. The summed E-state index contributed by atoms with van der Waals surface area (Å²) in [6.07, 6.45) is 16.1. The van der Waals surface area contributed by atoms with Gasteiger partial charge in [0.1, 0.15) is 0 Å². The summed E-state index contributed by atoms with van der Waals surface area (Å²) in [6.45, 7) is 23.3. The predicted octanol–water partition coefficient (Wildman–Crippen LogP) is 17.6. The third-order valence-corrected chi connectivity index (χ3v) is 18.1. The SMILES string of the molecule is CCCCC(CC)Cc1ccc(-c2c3cc(C(C)(C)C)sc3c(-c3ccc(CC(CC)CCCC)s3)c3cc(-c4sc(C(C)(C)C)cc4/C=C/C(=O)OC)sc23)s1. The van der Waals surface area contributed by atoms with E-state index in [-0.39, 0.29) is 16.8 Å². The Kier molecular flexibility index (Phi) is 14.5. The highest BCUT2D eigenvalue weighted by Crippen LogP contribution is 2.55. The fourth-order valence-electron chi connectivity index (χ4n) is 7.76. The van der Waals surface area contributed by atoms with Gasteiger partial charge in [0, 0.05) is 71.5 Å². The molecule has 0 amide bonds. The Bertz CT molecular complexity index is 2190. The van der Waals surface area contributed by atoms with E-state index < -0.39 is 0 Å². The summed E-state index contributed by atoms with van der Waals surface area (Å²) in [6, 6.07) is 17.0. The lowest BCUT2D eigenvalue weighted by Crippen LogP contribution is -2.07. The van der Waals surface area contributed by atoms with Gasteiger partial charge in [0.25, 0.3) is 0 Å². The van der Waals surface area contributed by atoms with E-state index in [1.165, 1.54) is 129 Å². The molecule has 0 aliphatic heterocycles. The first-order valence-electron chi connectivity index (χ1n) is 21.3. The summed E-state index contributed by atoms with van der Waals surface area (Å²) < 4.78 is 7.81. The number of fused-ring (bicyclic) bond motifs is 2. The third-order valence-electron chi connectivity index (χ3n) is 11.4. The molecule has 0 aliphatic rings. The Labute approximate surface area is 363 Å². The van der Waals surface area contributed by atoms with Crippen molar-refractivity contribution in [3.8, 4) is 30.6 Å². The van der Waals surface area contributed by atoms with Crippen LogP contribution < -0.4 is 0 Å². The van der Waals surface area contributed by atoms with Crippen molar-refractivity contribution in [2.75, 3.05) is 7.11 Å². The van der Waals surface area contributed by atoms with Crippen molar-refractivity contribution in [2.45, 2.75) is 144 Å². The Hall–Kier alpha value is -2.55. The molecule has 0 bridgehead atoms. The molecule has 0 N–H and O–H groups in total. The number of unbranched alkanes of at least 4 members (excludes halogenated alkanes) is 2. The predicted molar refractivity (Wildman–Crippen MR) is 260 cm³/mol. The highest BCUT2D eigenvalue weighted by molar-refractivity contribution is 7.28. The first-order chi connectivity index (χ1) is 27.2. The van der Waals surface area contributed by atoms with E-state index in [0.29, 0.717) is 0 Å². The molecule has 0 fully saturated rings. The van der Waals surface area contributed by atoms with Gasteiger partial charge < -0.3 is 4.74 Å². The van der Waals surface area contributed by atoms with Crippen LogP contribution in [0.15, 0.2) is 48.5 Å². The number of ether oxygens (including phenoxy) is 1. The topological polar surface area (TPSA) is 26.3 Å². The number of hydrogen-bond donors (Lipinski definition) is 0. The van der Waals surface area contributed by atoms with Gasteiger partial charge in [-0.3, -0.25) is 0 Å². The molecule has 306 valence electrons. The molecule has 7 heteroatoms. The minimum absolute atomic E-state index is 0.0164. The molecule has 5 aromatic heterocycles. The summed E-state index contributed by atoms with van der Waals surface area (Å²) in [7, 11) is 1.45. The van der Waals surface area contributed by atoms with E-state index >= 15 is 0 Å². The van der Waals surface area contributed by atoms with Gasteiger partial charge in [-0.2, -0.15) is 0 Å². The average molecular weight is 857 g/mol. The standard InChI is InChI=1S/C50H64O2S5/c1-12-16-18-31(14-3)26-34-21-23-38(53-34)44-36-29-40(46-33(20-25-43(51)52-11)28-41(56-46)49(5,6)7)55-47(36)45(37-30-42(50(8,9)10)57-48(37)44)39-24-22-35(54-39)27-32(15-4)19-17-13-2/h20-25,28-32H,12-19,26-27H2,1-11H3/b25-20+. The van der Waals surface area contributed by atoms with Crippen LogP contribution in [0.1, 0.15) is 146 Å². The first-order valence-corrected chi connectivity index (χ1v) is 25.4. The molecule has 6 aromatic rings. The Morgan fingerprint density at radius 3 is 1.65 bits per heavy atom. The van der Waals surface area contributed by atoms with Crippen molar-refractivity contribution >= 4 is 88.9 Å². The summed E-state index contributed by atoms with van der Waals surface area (Å²) in [5, 5.41) is 2.74. The minimum atomic E-state index is -0.331. The van der Waals surface area contributed by atoms with E-state index in [9.17, 15) is 4.79 Å². The molecule has 0 aliphatic carbocycles. The number of hydrogen-bond acceptors (Lipinski definition) is 7. The molecule has 2 nitrogen and oxygen atoms in total. The van der Waals surface area contributed by atoms with Crippen LogP contribution in [0.2, 0.25) is 0 Å². The maximum atomic E-state index is 12.4. The molecule has 0 radical (unpaired) electrons. The molecule has 2 atom stereocenters. The quantitative estimate of drug-likeness (QED) is 0.0675. The van der Waals surface area contributed by atoms with Crippen molar-refractivity contribution in [2.24, 2.45) is 11.8 Å². The molecule has 0 saturated heterocycles. The van der Waals surface area contributed by atoms with Crippen LogP contribution in [0.4, 0.5) is 0 Å². The number of carbonyl (C=O) groups excluding carboxylic acids is 1. The zero-order valence-electron chi connectivity index (χ0n) is 36.3. The highest BCUT2D eigenvalue weighted by Gasteiger charge is 2.28. The Morgan fingerprint density at radius 1 is 0.649 bits per heavy atom. The second-order valence-corrected chi connectivity index (χ2v) is 23.5. The van der Waals surface area contributed by atoms with Crippen LogP contribution in [0, 0.1) is 11.8 Å². The van der Waals surface area contributed by atoms with Gasteiger partial charge in [-0.1, -0.05) is 121 Å². The van der Waals surface area contributed by atoms with Gasteiger partial charge >= 0.3 is 5.97 Å². The lowest BCUT2D eigenvalue weighted by molar-refractivity contribution is -0.134. The van der Waals surface area contributed by atoms with Crippen LogP contribution >= 0.6 is 56.7 Å². The maximum Gasteiger partial charge on any atom is 0.330 e. The number of thiophene rings is 5. The second kappa shape index (κ2) is 18.8. The van der Waals surface area contributed by atoms with E-state index in [1.54, 1.807) is 6.08 Å². The summed E-state index contributed by atoms with van der Waals surface area (Å²) in [4.78, 5) is 23.4. The van der Waals surface area contributed by atoms with E-state index in [4.69, 9.17) is 4.74 Å². The van der Waals surface area contributed by atoms with Crippen molar-refractivity contribution < 1.29 is 9.53 Å². The first kappa shape index (κ1) is 44.0. The lowest BCUT2D eigenvalue weighted by atomic mass is 9.93. The molecular formula is C50H64O2S5. The molecular weight excluding hydrogens is 793 g/mol. The van der Waals surface area contributed by atoms with Crippen molar-refractivity contribution in [3.63, 3.8) is 0 Å². The van der Waals surface area contributed by atoms with Gasteiger partial charge in [0.15, 0.2) is 0 Å². The van der Waals surface area contributed by atoms with E-state index in [1.807, 2.05) is 62.8 Å².